The molecule has 1 atom stereocenters. The predicted octanol–water partition coefficient (Wildman–Crippen LogP) is 6.83. The maximum atomic E-state index is 7.54. The third kappa shape index (κ3) is 5.36. The van der Waals surface area contributed by atoms with Crippen LogP contribution in [0.3, 0.4) is 0 Å². The largest absolute Gasteiger partial charge is 0.361 e. The highest BCUT2D eigenvalue weighted by atomic mass is 15.2. The molecule has 34 heavy (non-hydrogen) atoms. The summed E-state index contributed by atoms with van der Waals surface area (Å²) in [6, 6.07) is 26.5. The minimum atomic E-state index is 0.483. The van der Waals surface area contributed by atoms with E-state index in [4.69, 9.17) is 11.8 Å². The number of terminal acetylenes is 1. The van der Waals surface area contributed by atoms with E-state index >= 15 is 0 Å². The van der Waals surface area contributed by atoms with Gasteiger partial charge in [-0.15, -0.1) is 6.42 Å². The van der Waals surface area contributed by atoms with Crippen molar-refractivity contribution in [2.75, 3.05) is 5.32 Å². The number of fused-ring (bicyclic) bond motifs is 1. The monoisotopic (exact) mass is 445 g/mol. The summed E-state index contributed by atoms with van der Waals surface area (Å²) >= 11 is 0. The van der Waals surface area contributed by atoms with Gasteiger partial charge in [0.05, 0.1) is 0 Å². The van der Waals surface area contributed by atoms with E-state index in [-0.39, 0.29) is 0 Å². The quantitative estimate of drug-likeness (QED) is 0.227. The molecule has 3 aromatic rings. The molecule has 1 aliphatic heterocycles. The Kier molecular flexibility index (Phi) is 7.42. The van der Waals surface area contributed by atoms with Crippen molar-refractivity contribution in [3.8, 4) is 23.5 Å². The number of allylic oxidation sites excluding steroid dienone is 2. The molecule has 1 unspecified atom stereocenters. The molecule has 0 aliphatic carbocycles. The van der Waals surface area contributed by atoms with Crippen molar-refractivity contribution >= 4 is 11.9 Å². The molecular formula is C31H31N3. The molecule has 0 amide bonds. The molecule has 3 heteroatoms. The molecular weight excluding hydrogens is 414 g/mol. The number of nitrogens with one attached hydrogen (secondary N) is 2. The Balaban J connectivity index is 1.52. The highest BCUT2D eigenvalue weighted by Crippen LogP contribution is 2.28. The molecule has 0 bridgehead atoms. The molecule has 3 aromatic carbocycles. The maximum Gasteiger partial charge on any atom is 0.0386 e. The number of rotatable bonds is 8. The molecule has 1 aliphatic rings. The Morgan fingerprint density at radius 1 is 1.09 bits per heavy atom. The van der Waals surface area contributed by atoms with Gasteiger partial charge in [0, 0.05) is 48.4 Å². The van der Waals surface area contributed by atoms with Crippen molar-refractivity contribution in [3.05, 3.63) is 113 Å². The van der Waals surface area contributed by atoms with Crippen LogP contribution in [0.5, 0.6) is 0 Å². The van der Waals surface area contributed by atoms with Gasteiger partial charge in [-0.25, -0.2) is 0 Å². The standard InChI is InChI=1S/C31H31N3/c1-4-23(3)29(19-32)20-33-30-15-9-14-26(17-30)25-13-8-10-24(16-25)21-34-22-28-12-7-6-11-27(28)18-31(34)5-2/h1,6-17,19-20,31-33H,3,5,18,21-22H2,2H3/b29-20+,32-19?. The van der Waals surface area contributed by atoms with Crippen LogP contribution >= 0.6 is 0 Å². The van der Waals surface area contributed by atoms with Crippen LogP contribution in [0, 0.1) is 17.8 Å². The van der Waals surface area contributed by atoms with E-state index in [1.54, 1.807) is 6.20 Å². The van der Waals surface area contributed by atoms with Gasteiger partial charge in [0.1, 0.15) is 0 Å². The first-order valence-corrected chi connectivity index (χ1v) is 11.7. The second-order valence-electron chi connectivity index (χ2n) is 8.73. The predicted molar refractivity (Wildman–Crippen MR) is 144 cm³/mol. The topological polar surface area (TPSA) is 39.1 Å². The summed E-state index contributed by atoms with van der Waals surface area (Å²) in [5.41, 5.74) is 8.61. The summed E-state index contributed by atoms with van der Waals surface area (Å²) < 4.78 is 0. The van der Waals surface area contributed by atoms with Gasteiger partial charge in [-0.3, -0.25) is 4.90 Å². The van der Waals surface area contributed by atoms with Crippen molar-refractivity contribution in [1.29, 1.82) is 5.41 Å². The van der Waals surface area contributed by atoms with Crippen molar-refractivity contribution < 1.29 is 0 Å². The van der Waals surface area contributed by atoms with Crippen LogP contribution in [0.1, 0.15) is 30.0 Å². The summed E-state index contributed by atoms with van der Waals surface area (Å²) in [4.78, 5) is 2.61. The van der Waals surface area contributed by atoms with Gasteiger partial charge in [0.15, 0.2) is 0 Å². The van der Waals surface area contributed by atoms with Crippen LogP contribution in [-0.2, 0) is 19.5 Å². The maximum absolute atomic E-state index is 7.54. The lowest BCUT2D eigenvalue weighted by Crippen LogP contribution is -2.39. The summed E-state index contributed by atoms with van der Waals surface area (Å²) in [6.07, 6.45) is 10.6. The van der Waals surface area contributed by atoms with Crippen LogP contribution in [0.2, 0.25) is 0 Å². The third-order valence-electron chi connectivity index (χ3n) is 6.52. The molecule has 0 saturated carbocycles. The smallest absolute Gasteiger partial charge is 0.0386 e. The van der Waals surface area contributed by atoms with Crippen LogP contribution in [0.15, 0.2) is 96.7 Å². The van der Waals surface area contributed by atoms with Crippen molar-refractivity contribution in [3.63, 3.8) is 0 Å². The fraction of sp³-hybridized carbons (Fsp3) is 0.194. The molecule has 3 nitrogen and oxygen atoms in total. The summed E-state index contributed by atoms with van der Waals surface area (Å²) in [6.45, 7) is 8.04. The molecule has 4 rings (SSSR count). The number of nitrogens with zero attached hydrogens (tertiary/aromatic N) is 1. The summed E-state index contributed by atoms with van der Waals surface area (Å²) in [5, 5.41) is 10.8. The van der Waals surface area contributed by atoms with Gasteiger partial charge >= 0.3 is 0 Å². The zero-order valence-electron chi connectivity index (χ0n) is 19.7. The second kappa shape index (κ2) is 10.8. The Bertz CT molecular complexity index is 1260. The lowest BCUT2D eigenvalue weighted by atomic mass is 9.92. The molecule has 0 spiro atoms. The first kappa shape index (κ1) is 23.3. The fourth-order valence-electron chi connectivity index (χ4n) is 4.56. The SMILES string of the molecule is C#CC(=C)/C(C=N)=C/Nc1cccc(-c2cccc(CN3Cc4ccccc4CC3CC)c2)c1. The van der Waals surface area contributed by atoms with Crippen molar-refractivity contribution in [2.45, 2.75) is 38.9 Å². The Morgan fingerprint density at radius 3 is 2.56 bits per heavy atom. The van der Waals surface area contributed by atoms with E-state index < -0.39 is 0 Å². The average Bonchev–Trinajstić information content (AvgIpc) is 2.88. The number of benzene rings is 3. The Hall–Kier alpha value is -3.87. The van der Waals surface area contributed by atoms with E-state index in [2.05, 4.69) is 90.3 Å². The number of hydrogen-bond acceptors (Lipinski definition) is 3. The molecule has 0 fully saturated rings. The van der Waals surface area contributed by atoms with E-state index in [1.165, 1.54) is 28.5 Å². The number of anilines is 1. The van der Waals surface area contributed by atoms with E-state index in [0.29, 0.717) is 17.2 Å². The van der Waals surface area contributed by atoms with Gasteiger partial charge in [-0.05, 0) is 58.9 Å². The van der Waals surface area contributed by atoms with Crippen LogP contribution < -0.4 is 5.32 Å². The second-order valence-corrected chi connectivity index (χ2v) is 8.73. The van der Waals surface area contributed by atoms with Crippen molar-refractivity contribution in [1.82, 2.24) is 4.90 Å². The van der Waals surface area contributed by atoms with Gasteiger partial charge in [0.2, 0.25) is 0 Å². The van der Waals surface area contributed by atoms with Crippen LogP contribution in [0.4, 0.5) is 5.69 Å². The van der Waals surface area contributed by atoms with Crippen LogP contribution in [-0.4, -0.2) is 17.2 Å². The van der Waals surface area contributed by atoms with Gasteiger partial charge in [0.25, 0.3) is 0 Å². The Morgan fingerprint density at radius 2 is 1.82 bits per heavy atom. The van der Waals surface area contributed by atoms with Gasteiger partial charge in [-0.1, -0.05) is 74.0 Å². The number of hydrogen-bond donors (Lipinski definition) is 2. The van der Waals surface area contributed by atoms with Crippen molar-refractivity contribution in [2.24, 2.45) is 0 Å². The lowest BCUT2D eigenvalue weighted by molar-refractivity contribution is 0.158. The summed E-state index contributed by atoms with van der Waals surface area (Å²) in [5.74, 6) is 2.48. The fourth-order valence-corrected chi connectivity index (χ4v) is 4.56. The molecule has 0 radical (unpaired) electrons. The normalized spacial score (nSPS) is 15.8. The van der Waals surface area contributed by atoms with E-state index in [9.17, 15) is 0 Å². The average molecular weight is 446 g/mol. The molecule has 2 N–H and O–H groups in total. The molecule has 0 saturated heterocycles. The molecule has 170 valence electrons. The highest BCUT2D eigenvalue weighted by molar-refractivity contribution is 5.85. The minimum Gasteiger partial charge on any atom is -0.361 e. The highest BCUT2D eigenvalue weighted by Gasteiger charge is 2.24. The first-order chi connectivity index (χ1) is 16.6. The van der Waals surface area contributed by atoms with Crippen LogP contribution in [0.25, 0.3) is 11.1 Å². The summed E-state index contributed by atoms with van der Waals surface area (Å²) in [7, 11) is 0. The molecule has 0 aromatic heterocycles. The van der Waals surface area contributed by atoms with E-state index in [0.717, 1.165) is 37.2 Å². The Labute approximate surface area is 203 Å². The van der Waals surface area contributed by atoms with Gasteiger partial charge in [-0.2, -0.15) is 0 Å². The zero-order chi connectivity index (χ0) is 23.9. The van der Waals surface area contributed by atoms with E-state index in [1.807, 2.05) is 12.1 Å². The van der Waals surface area contributed by atoms with Gasteiger partial charge < -0.3 is 10.7 Å². The molecule has 1 heterocycles. The third-order valence-corrected chi connectivity index (χ3v) is 6.52. The zero-order valence-corrected chi connectivity index (χ0v) is 19.7. The minimum absolute atomic E-state index is 0.483. The lowest BCUT2D eigenvalue weighted by Gasteiger charge is -2.36. The first-order valence-electron chi connectivity index (χ1n) is 11.7.